The van der Waals surface area contributed by atoms with Gasteiger partial charge in [0.2, 0.25) is 0 Å². The third-order valence-corrected chi connectivity index (χ3v) is 3.19. The molecule has 1 aromatic carbocycles. The lowest BCUT2D eigenvalue weighted by Gasteiger charge is -2.15. The van der Waals surface area contributed by atoms with Crippen molar-refractivity contribution < 1.29 is 4.74 Å². The summed E-state index contributed by atoms with van der Waals surface area (Å²) in [5, 5.41) is 0. The van der Waals surface area contributed by atoms with E-state index >= 15 is 0 Å². The Kier molecular flexibility index (Phi) is 8.36. The molecule has 0 unspecified atom stereocenters. The molecular weight excluding hydrogens is 294 g/mol. The SMILES string of the molecule is CC/C=C(\C)Oc1cccc(CN(C)C/C=C/C#CC(C)(C)C)c1. The molecule has 0 bridgehead atoms. The number of hydrogen-bond acceptors (Lipinski definition) is 2. The Balaban J connectivity index is 2.55. The van der Waals surface area contributed by atoms with Crippen LogP contribution < -0.4 is 4.74 Å². The second-order valence-corrected chi connectivity index (χ2v) is 7.09. The Morgan fingerprint density at radius 2 is 2.04 bits per heavy atom. The Morgan fingerprint density at radius 1 is 1.29 bits per heavy atom. The third kappa shape index (κ3) is 9.22. The van der Waals surface area contributed by atoms with E-state index in [9.17, 15) is 0 Å². The summed E-state index contributed by atoms with van der Waals surface area (Å²) in [4.78, 5) is 2.25. The molecule has 0 aliphatic carbocycles. The smallest absolute Gasteiger partial charge is 0.127 e. The number of rotatable bonds is 7. The first-order chi connectivity index (χ1) is 11.3. The van der Waals surface area contributed by atoms with Gasteiger partial charge in [-0.15, -0.1) is 0 Å². The van der Waals surface area contributed by atoms with Crippen LogP contribution >= 0.6 is 0 Å². The fraction of sp³-hybridized carbons (Fsp3) is 0.455. The normalized spacial score (nSPS) is 12.4. The van der Waals surface area contributed by atoms with Crippen LogP contribution in [0.1, 0.15) is 46.6 Å². The molecule has 24 heavy (non-hydrogen) atoms. The topological polar surface area (TPSA) is 12.5 Å². The van der Waals surface area contributed by atoms with Crippen LogP contribution in [-0.2, 0) is 6.54 Å². The van der Waals surface area contributed by atoms with Gasteiger partial charge in [0.05, 0.1) is 5.76 Å². The monoisotopic (exact) mass is 325 g/mol. The summed E-state index contributed by atoms with van der Waals surface area (Å²) in [5.74, 6) is 8.15. The fourth-order valence-corrected chi connectivity index (χ4v) is 2.15. The third-order valence-electron chi connectivity index (χ3n) is 3.19. The number of hydrogen-bond donors (Lipinski definition) is 0. The van der Waals surface area contributed by atoms with E-state index < -0.39 is 0 Å². The Hall–Kier alpha value is -1.98. The van der Waals surface area contributed by atoms with Crippen molar-refractivity contribution in [2.45, 2.75) is 47.6 Å². The van der Waals surface area contributed by atoms with Gasteiger partial charge in [-0.05, 0) is 71.0 Å². The van der Waals surface area contributed by atoms with E-state index in [0.717, 1.165) is 31.0 Å². The molecule has 0 atom stereocenters. The minimum absolute atomic E-state index is 0.0566. The zero-order valence-corrected chi connectivity index (χ0v) is 16.0. The van der Waals surface area contributed by atoms with E-state index in [1.165, 1.54) is 5.56 Å². The highest BCUT2D eigenvalue weighted by Crippen LogP contribution is 2.17. The average Bonchev–Trinajstić information content (AvgIpc) is 2.46. The van der Waals surface area contributed by atoms with E-state index in [2.05, 4.69) is 75.8 Å². The van der Waals surface area contributed by atoms with E-state index in [-0.39, 0.29) is 5.41 Å². The van der Waals surface area contributed by atoms with Gasteiger partial charge in [-0.1, -0.05) is 37.0 Å². The summed E-state index contributed by atoms with van der Waals surface area (Å²) in [6, 6.07) is 8.28. The van der Waals surface area contributed by atoms with Crippen molar-refractivity contribution >= 4 is 0 Å². The van der Waals surface area contributed by atoms with Gasteiger partial charge in [0.1, 0.15) is 5.75 Å². The first-order valence-corrected chi connectivity index (χ1v) is 8.60. The van der Waals surface area contributed by atoms with Crippen molar-refractivity contribution in [3.8, 4) is 17.6 Å². The van der Waals surface area contributed by atoms with Gasteiger partial charge < -0.3 is 4.74 Å². The van der Waals surface area contributed by atoms with Crippen molar-refractivity contribution in [3.05, 3.63) is 53.8 Å². The molecule has 0 aromatic heterocycles. The molecule has 0 fully saturated rings. The Morgan fingerprint density at radius 3 is 2.71 bits per heavy atom. The molecule has 0 spiro atoms. The van der Waals surface area contributed by atoms with Crippen LogP contribution in [0.2, 0.25) is 0 Å². The van der Waals surface area contributed by atoms with E-state index in [1.54, 1.807) is 0 Å². The molecule has 0 N–H and O–H groups in total. The van der Waals surface area contributed by atoms with Crippen molar-refractivity contribution in [1.82, 2.24) is 4.90 Å². The molecule has 130 valence electrons. The van der Waals surface area contributed by atoms with Crippen LogP contribution in [-0.4, -0.2) is 18.5 Å². The predicted octanol–water partition coefficient (Wildman–Crippen LogP) is 5.42. The van der Waals surface area contributed by atoms with E-state index in [0.29, 0.717) is 0 Å². The summed E-state index contributed by atoms with van der Waals surface area (Å²) >= 11 is 0. The van der Waals surface area contributed by atoms with Crippen LogP contribution in [0.4, 0.5) is 0 Å². The largest absolute Gasteiger partial charge is 0.462 e. The summed E-state index contributed by atoms with van der Waals surface area (Å²) < 4.78 is 5.83. The number of likely N-dealkylation sites (N-methyl/N-ethyl adjacent to an activating group) is 1. The fourth-order valence-electron chi connectivity index (χ4n) is 2.15. The van der Waals surface area contributed by atoms with Crippen molar-refractivity contribution in [2.75, 3.05) is 13.6 Å². The first kappa shape index (κ1) is 20.1. The van der Waals surface area contributed by atoms with Gasteiger partial charge in [0, 0.05) is 18.5 Å². The van der Waals surface area contributed by atoms with Crippen LogP contribution in [0.5, 0.6) is 5.75 Å². The van der Waals surface area contributed by atoms with Gasteiger partial charge in [-0.25, -0.2) is 0 Å². The van der Waals surface area contributed by atoms with E-state index in [1.807, 2.05) is 25.1 Å². The number of allylic oxidation sites excluding steroid dienone is 3. The Labute approximate surface area is 148 Å². The molecule has 0 amide bonds. The molecule has 0 radical (unpaired) electrons. The number of ether oxygens (including phenoxy) is 1. The van der Waals surface area contributed by atoms with Gasteiger partial charge in [0.25, 0.3) is 0 Å². The lowest BCUT2D eigenvalue weighted by atomic mass is 9.98. The van der Waals surface area contributed by atoms with Gasteiger partial charge in [-0.2, -0.15) is 0 Å². The first-order valence-electron chi connectivity index (χ1n) is 8.60. The van der Waals surface area contributed by atoms with Crippen LogP contribution in [0.15, 0.2) is 48.3 Å². The minimum Gasteiger partial charge on any atom is -0.462 e. The maximum absolute atomic E-state index is 5.83. The zero-order valence-electron chi connectivity index (χ0n) is 16.0. The zero-order chi connectivity index (χ0) is 18.0. The standard InChI is InChI=1S/C22H31NO/c1-7-12-19(2)24-21-14-11-13-20(17-21)18-23(6)16-10-8-9-15-22(3,4)5/h8,10-14,17H,7,16,18H2,1-6H3/b10-8+,19-12+. The van der Waals surface area contributed by atoms with Crippen LogP contribution in [0.3, 0.4) is 0 Å². The summed E-state index contributed by atoms with van der Waals surface area (Å²) in [7, 11) is 2.11. The van der Waals surface area contributed by atoms with Crippen LogP contribution in [0, 0.1) is 17.3 Å². The van der Waals surface area contributed by atoms with Gasteiger partial charge in [0.15, 0.2) is 0 Å². The summed E-state index contributed by atoms with van der Waals surface area (Å²) in [6.07, 6.45) is 7.12. The molecule has 2 nitrogen and oxygen atoms in total. The minimum atomic E-state index is 0.0566. The quantitative estimate of drug-likeness (QED) is 0.490. The molecule has 0 saturated heterocycles. The van der Waals surface area contributed by atoms with Crippen LogP contribution in [0.25, 0.3) is 0 Å². The van der Waals surface area contributed by atoms with E-state index in [4.69, 9.17) is 4.74 Å². The molecule has 1 rings (SSSR count). The molecule has 0 aliphatic heterocycles. The highest BCUT2D eigenvalue weighted by atomic mass is 16.5. The summed E-state index contributed by atoms with van der Waals surface area (Å²) in [6.45, 7) is 12.2. The number of benzene rings is 1. The van der Waals surface area contributed by atoms with Crippen molar-refractivity contribution in [1.29, 1.82) is 0 Å². The molecule has 0 heterocycles. The predicted molar refractivity (Wildman–Crippen MR) is 104 cm³/mol. The second-order valence-electron chi connectivity index (χ2n) is 7.09. The molecule has 2 heteroatoms. The molecule has 1 aromatic rings. The Bertz CT molecular complexity index is 623. The second kappa shape index (κ2) is 10.0. The van der Waals surface area contributed by atoms with Gasteiger partial charge in [-0.3, -0.25) is 4.90 Å². The van der Waals surface area contributed by atoms with Crippen molar-refractivity contribution in [2.24, 2.45) is 5.41 Å². The maximum atomic E-state index is 5.83. The maximum Gasteiger partial charge on any atom is 0.127 e. The average molecular weight is 325 g/mol. The molecular formula is C22H31NO. The van der Waals surface area contributed by atoms with Crippen molar-refractivity contribution in [3.63, 3.8) is 0 Å². The highest BCUT2D eigenvalue weighted by molar-refractivity contribution is 5.30. The molecule has 0 saturated carbocycles. The molecule has 0 aliphatic rings. The lowest BCUT2D eigenvalue weighted by Crippen LogP contribution is -2.17. The highest BCUT2D eigenvalue weighted by Gasteiger charge is 2.03. The van der Waals surface area contributed by atoms with Gasteiger partial charge >= 0.3 is 0 Å². The number of nitrogens with zero attached hydrogens (tertiary/aromatic N) is 1. The summed E-state index contributed by atoms with van der Waals surface area (Å²) in [5.41, 5.74) is 1.30. The lowest BCUT2D eigenvalue weighted by molar-refractivity contribution is 0.362.